The van der Waals surface area contributed by atoms with Crippen LogP contribution in [0.2, 0.25) is 0 Å². The van der Waals surface area contributed by atoms with Crippen molar-refractivity contribution in [2.24, 2.45) is 39.4 Å². The molecule has 504 valence electrons. The van der Waals surface area contributed by atoms with E-state index in [1.165, 1.54) is 12.5 Å². The summed E-state index contributed by atoms with van der Waals surface area (Å²) >= 11 is 0. The van der Waals surface area contributed by atoms with E-state index in [1.54, 1.807) is 0 Å². The average molecular weight is 1310 g/mol. The number of carbonyl (C=O) groups is 2. The van der Waals surface area contributed by atoms with Gasteiger partial charge in [-0.15, -0.1) is 6.58 Å². The smallest absolute Gasteiger partial charge is 0.397 e. The summed E-state index contributed by atoms with van der Waals surface area (Å²) in [4.78, 5) is 27.4. The Balaban J connectivity index is 0.905. The molecule has 0 aromatic rings. The molecule has 30 nitrogen and oxygen atoms in total. The quantitative estimate of drug-likeness (QED) is 0.0364. The van der Waals surface area contributed by atoms with E-state index in [9.17, 15) is 76.9 Å². The predicted octanol–water partition coefficient (Wildman–Crippen LogP) is -1.22. The topological polar surface area (TPSA) is 445 Å². The van der Waals surface area contributed by atoms with Crippen molar-refractivity contribution >= 4 is 32.7 Å². The van der Waals surface area contributed by atoms with Crippen LogP contribution in [0.4, 0.5) is 0 Å². The number of hydrogen-bond acceptors (Lipinski definition) is 28. The number of fused-ring (bicyclic) bond motifs is 4. The Morgan fingerprint density at radius 3 is 1.85 bits per heavy atom. The maximum Gasteiger partial charge on any atom is 0.397 e. The van der Waals surface area contributed by atoms with Crippen LogP contribution in [0.3, 0.4) is 0 Å². The summed E-state index contributed by atoms with van der Waals surface area (Å²) in [5.74, 6) is -1.03. The first-order valence-electron chi connectivity index (χ1n) is 29.7. The summed E-state index contributed by atoms with van der Waals surface area (Å²) in [6.45, 7) is 14.3. The van der Waals surface area contributed by atoms with Gasteiger partial charge in [0.15, 0.2) is 25.2 Å². The molecule has 9 rings (SSSR count). The van der Waals surface area contributed by atoms with Gasteiger partial charge in [0, 0.05) is 19.4 Å². The highest BCUT2D eigenvalue weighted by Crippen LogP contribution is 2.77. The number of carbonyl (C=O) groups excluding carboxylic acids is 2. The van der Waals surface area contributed by atoms with Crippen molar-refractivity contribution in [3.8, 4) is 0 Å². The number of methoxy groups -OCH3 is 1. The molecule has 5 aliphatic heterocycles. The summed E-state index contributed by atoms with van der Waals surface area (Å²) in [6, 6.07) is 0. The van der Waals surface area contributed by atoms with Gasteiger partial charge in [-0.1, -0.05) is 44.9 Å². The van der Waals surface area contributed by atoms with E-state index >= 15 is 0 Å². The second-order valence-corrected chi connectivity index (χ2v) is 28.8. The van der Waals surface area contributed by atoms with E-state index in [1.807, 2.05) is 13.8 Å². The van der Waals surface area contributed by atoms with Gasteiger partial charge in [-0.25, -0.2) is 8.37 Å². The van der Waals surface area contributed by atoms with Crippen LogP contribution in [0.5, 0.6) is 0 Å². The van der Waals surface area contributed by atoms with Crippen molar-refractivity contribution in [2.75, 3.05) is 33.5 Å². The van der Waals surface area contributed by atoms with E-state index in [2.05, 4.69) is 48.7 Å². The molecule has 0 aromatic carbocycles. The number of aliphatic hydroxyl groups is 9. The molecule has 0 radical (unpaired) electrons. The number of esters is 2. The molecular weight excluding hydrogens is 1220 g/mol. The Morgan fingerprint density at radius 2 is 1.27 bits per heavy atom. The first-order chi connectivity index (χ1) is 41.0. The normalized spacial score (nSPS) is 47.6. The van der Waals surface area contributed by atoms with Crippen LogP contribution < -0.4 is 0 Å². The summed E-state index contributed by atoms with van der Waals surface area (Å²) < 4.78 is 139. The summed E-state index contributed by atoms with van der Waals surface area (Å²) in [5, 5.41) is 102. The largest absolute Gasteiger partial charge is 0.462 e. The lowest BCUT2D eigenvalue weighted by Crippen LogP contribution is -2.67. The first-order valence-corrected chi connectivity index (χ1v) is 32.5. The molecule has 88 heavy (non-hydrogen) atoms. The van der Waals surface area contributed by atoms with Crippen molar-refractivity contribution in [1.82, 2.24) is 0 Å². The third-order valence-electron chi connectivity index (χ3n) is 20.9. The third kappa shape index (κ3) is 12.9. The predicted molar refractivity (Wildman–Crippen MR) is 294 cm³/mol. The van der Waals surface area contributed by atoms with Gasteiger partial charge in [-0.05, 0) is 94.3 Å². The Kier molecular flexibility index (Phi) is 20.6. The number of cyclic esters (lactones) is 1. The molecule has 3 saturated carbocycles. The van der Waals surface area contributed by atoms with Crippen molar-refractivity contribution in [2.45, 2.75) is 241 Å². The van der Waals surface area contributed by atoms with Gasteiger partial charge in [0.05, 0.1) is 43.9 Å². The van der Waals surface area contributed by atoms with E-state index in [4.69, 9.17) is 56.7 Å². The highest BCUT2D eigenvalue weighted by atomic mass is 32.3. The second-order valence-electron chi connectivity index (χ2n) is 26.6. The molecular formula is C56H88O30S2. The van der Waals surface area contributed by atoms with E-state index in [-0.39, 0.29) is 29.1 Å². The van der Waals surface area contributed by atoms with Crippen LogP contribution in [0.25, 0.3) is 0 Å². The standard InChI is InChI=1S/C56H88O30S2/c1-24(2)11-10-16-55(8)46-29(78-25(3)58)19-54(7)27-12-13-33-52(4,5)34(15-17-53(33,6)26(27)14-18-56(46,54)51(67)86-55)82-50-45(35(60)28(59)21-75-50)85-47-39(64)38(63)42(30(20-57)79-47)83-49-41(66)44(37(62)32(81-49)23-77-88(71,72)73)84-48-40(65)43(74-9)36(61)31(80-48)22-76-87(68,69)70/h12,26,28-50,57,59-66H,1,10-11,13-23H2,2-9H3,(H,68,69,70)(H,71,72,73)/t26-,28+,29-,30+,31+,32+,33-,34-,35-,36+,37+,38+,39+,40+,41+,42+,43-,44-,45+,46+,47-,48-,49-,50-,53+,54-,55-,56+/m0/s1. The average Bonchev–Trinajstić information content (AvgIpc) is 1.45. The highest BCUT2D eigenvalue weighted by molar-refractivity contribution is 7.81. The lowest BCUT2D eigenvalue weighted by atomic mass is 9.41. The molecule has 5 saturated heterocycles. The molecule has 1 spiro atoms. The SMILES string of the molecule is C=C(C)CCC[C@]1(C)OC(=O)[C@]23CC[C@H]4C(=CC[C@H]5C(C)(C)[C@@H](O[C@@H]6OC[C@@H](O)[C@H](O)[C@H]6O[C@@H]6O[C@H](CO)[C@@H](O[C@@H]7O[C@H](COS(=O)(=O)O)[C@@H](O)[C@H](O[C@@H]8O[C@H](COS(=O)(=O)O)[C@@H](O)[C@H](OC)[C@H]8O)[C@H]7O)[C@H](O)[C@H]6O)CC[C@]45C)[C@]2(C)C[C@H](OC(C)=O)[C@@H]31. The van der Waals surface area contributed by atoms with Crippen LogP contribution in [0.15, 0.2) is 23.8 Å². The van der Waals surface area contributed by atoms with Crippen LogP contribution in [-0.2, 0) is 90.9 Å². The molecule has 0 bridgehead atoms. The zero-order chi connectivity index (χ0) is 64.8. The number of hydrogen-bond donors (Lipinski definition) is 11. The van der Waals surface area contributed by atoms with Crippen LogP contribution >= 0.6 is 0 Å². The lowest BCUT2D eigenvalue weighted by Gasteiger charge is -2.63. The van der Waals surface area contributed by atoms with Gasteiger partial charge in [0.25, 0.3) is 0 Å². The minimum atomic E-state index is -5.25. The van der Waals surface area contributed by atoms with Crippen molar-refractivity contribution in [3.63, 3.8) is 0 Å². The van der Waals surface area contributed by atoms with Gasteiger partial charge < -0.3 is 98.1 Å². The Labute approximate surface area is 510 Å². The lowest BCUT2D eigenvalue weighted by molar-refractivity contribution is -0.391. The van der Waals surface area contributed by atoms with Gasteiger partial charge in [-0.3, -0.25) is 18.7 Å². The second kappa shape index (κ2) is 26.0. The fraction of sp³-hybridized carbons (Fsp3) is 0.893. The first kappa shape index (κ1) is 69.8. The Morgan fingerprint density at radius 1 is 0.705 bits per heavy atom. The van der Waals surface area contributed by atoms with Gasteiger partial charge in [0.1, 0.15) is 103 Å². The minimum absolute atomic E-state index is 0.0200. The van der Waals surface area contributed by atoms with Crippen LogP contribution in [0.1, 0.15) is 106 Å². The molecule has 9 aliphatic rings. The van der Waals surface area contributed by atoms with Crippen molar-refractivity contribution in [3.05, 3.63) is 23.8 Å². The van der Waals surface area contributed by atoms with Gasteiger partial charge in [-0.2, -0.15) is 16.8 Å². The summed E-state index contributed by atoms with van der Waals surface area (Å²) in [7, 11) is -9.34. The van der Waals surface area contributed by atoms with E-state index in [0.29, 0.717) is 44.9 Å². The van der Waals surface area contributed by atoms with Crippen LogP contribution in [-0.4, -0.2) is 252 Å². The fourth-order valence-electron chi connectivity index (χ4n) is 16.7. The maximum absolute atomic E-state index is 14.7. The minimum Gasteiger partial charge on any atom is -0.462 e. The molecule has 0 unspecified atom stereocenters. The van der Waals surface area contributed by atoms with Gasteiger partial charge >= 0.3 is 32.7 Å². The molecule has 4 aliphatic carbocycles. The zero-order valence-electron chi connectivity index (χ0n) is 50.3. The summed E-state index contributed by atoms with van der Waals surface area (Å²) in [6.07, 6.45) is -29.7. The zero-order valence-corrected chi connectivity index (χ0v) is 52.0. The Bertz CT molecular complexity index is 2790. The molecule has 0 amide bonds. The molecule has 0 aromatic heterocycles. The number of allylic oxidation sites excluding steroid dienone is 3. The molecule has 11 N–H and O–H groups in total. The third-order valence-corrected chi connectivity index (χ3v) is 21.7. The maximum atomic E-state index is 14.7. The number of rotatable bonds is 21. The van der Waals surface area contributed by atoms with Crippen molar-refractivity contribution < 1.29 is 142 Å². The molecule has 32 heteroatoms. The van der Waals surface area contributed by atoms with E-state index < -0.39 is 204 Å². The van der Waals surface area contributed by atoms with E-state index in [0.717, 1.165) is 25.5 Å². The molecule has 8 fully saturated rings. The fourth-order valence-corrected chi connectivity index (χ4v) is 17.3. The molecule has 5 heterocycles. The summed E-state index contributed by atoms with van der Waals surface area (Å²) in [5.41, 5.74) is -1.23. The highest BCUT2D eigenvalue weighted by Gasteiger charge is 2.79. The van der Waals surface area contributed by atoms with Crippen molar-refractivity contribution in [1.29, 1.82) is 0 Å². The van der Waals surface area contributed by atoms with Gasteiger partial charge in [0.2, 0.25) is 0 Å². The monoisotopic (exact) mass is 1300 g/mol. The number of ether oxygens (including phenoxy) is 11. The Hall–Kier alpha value is -2.56. The molecule has 28 atom stereocenters. The number of aliphatic hydroxyl groups excluding tert-OH is 9. The van der Waals surface area contributed by atoms with Crippen LogP contribution in [0, 0.1) is 39.4 Å².